The number of rotatable bonds is 7. The highest BCUT2D eigenvalue weighted by atomic mass is 16.5. The number of nitrogens with one attached hydrogen (secondary N) is 1. The Balaban J connectivity index is 1.84. The summed E-state index contributed by atoms with van der Waals surface area (Å²) in [6.45, 7) is 2.52. The predicted octanol–water partition coefficient (Wildman–Crippen LogP) is 0.856. The van der Waals surface area contributed by atoms with Crippen LogP contribution in [0.25, 0.3) is 10.9 Å². The van der Waals surface area contributed by atoms with E-state index in [2.05, 4.69) is 10.4 Å². The van der Waals surface area contributed by atoms with Crippen molar-refractivity contribution in [3.63, 3.8) is 0 Å². The zero-order chi connectivity index (χ0) is 16.7. The highest BCUT2D eigenvalue weighted by Crippen LogP contribution is 2.08. The number of ether oxygens (including phenoxy) is 1. The van der Waals surface area contributed by atoms with Crippen molar-refractivity contribution in [1.82, 2.24) is 15.1 Å². The molecule has 0 saturated carbocycles. The Morgan fingerprint density at radius 3 is 2.87 bits per heavy atom. The molecule has 0 atom stereocenters. The first-order valence-corrected chi connectivity index (χ1v) is 7.43. The number of aryl methyl sites for hydroxylation is 1. The van der Waals surface area contributed by atoms with Gasteiger partial charge in [-0.3, -0.25) is 19.1 Å². The van der Waals surface area contributed by atoms with Crippen molar-refractivity contribution in [2.24, 2.45) is 0 Å². The van der Waals surface area contributed by atoms with Gasteiger partial charge < -0.3 is 10.1 Å². The molecule has 1 N–H and O–H groups in total. The number of para-hydroxylation sites is 1. The van der Waals surface area contributed by atoms with Crippen molar-refractivity contribution in [3.05, 3.63) is 40.7 Å². The zero-order valence-corrected chi connectivity index (χ0v) is 12.9. The number of carbonyl (C=O) groups excluding carboxylic acids is 2. The Kier molecular flexibility index (Phi) is 5.85. The molecule has 2 rings (SSSR count). The van der Waals surface area contributed by atoms with Gasteiger partial charge in [-0.1, -0.05) is 12.1 Å². The molecule has 0 radical (unpaired) electrons. The number of fused-ring (bicyclic) bond motifs is 1. The number of carbonyl (C=O) groups is 2. The van der Waals surface area contributed by atoms with Crippen molar-refractivity contribution in [3.8, 4) is 0 Å². The molecule has 2 aromatic rings. The summed E-state index contributed by atoms with van der Waals surface area (Å²) >= 11 is 0. The first kappa shape index (κ1) is 16.7. The van der Waals surface area contributed by atoms with E-state index in [0.29, 0.717) is 30.4 Å². The third-order valence-electron chi connectivity index (χ3n) is 3.25. The van der Waals surface area contributed by atoms with Gasteiger partial charge in [-0.2, -0.15) is 5.10 Å². The number of benzene rings is 1. The summed E-state index contributed by atoms with van der Waals surface area (Å²) in [5.41, 5.74) is 0.552. The van der Waals surface area contributed by atoms with E-state index in [9.17, 15) is 14.4 Å². The minimum Gasteiger partial charge on any atom is -0.466 e. The van der Waals surface area contributed by atoms with Gasteiger partial charge in [0.1, 0.15) is 0 Å². The van der Waals surface area contributed by atoms with E-state index in [-0.39, 0.29) is 30.3 Å². The number of esters is 1. The maximum atomic E-state index is 11.7. The lowest BCUT2D eigenvalue weighted by molar-refractivity contribution is -0.144. The van der Waals surface area contributed by atoms with Crippen LogP contribution in [0.15, 0.2) is 35.3 Å². The molecule has 1 aromatic carbocycles. The number of nitrogens with zero attached hydrogens (tertiary/aromatic N) is 2. The van der Waals surface area contributed by atoms with Crippen molar-refractivity contribution >= 4 is 22.8 Å². The van der Waals surface area contributed by atoms with E-state index in [4.69, 9.17) is 4.74 Å². The van der Waals surface area contributed by atoms with E-state index in [1.54, 1.807) is 22.9 Å². The van der Waals surface area contributed by atoms with Gasteiger partial charge in [-0.25, -0.2) is 0 Å². The van der Waals surface area contributed by atoms with E-state index in [1.165, 1.54) is 13.1 Å². The summed E-state index contributed by atoms with van der Waals surface area (Å²) in [4.78, 5) is 34.1. The topological polar surface area (TPSA) is 90.3 Å². The quantitative estimate of drug-likeness (QED) is 0.604. The predicted molar refractivity (Wildman–Crippen MR) is 84.9 cm³/mol. The number of aromatic nitrogens is 2. The van der Waals surface area contributed by atoms with E-state index in [0.717, 1.165) is 0 Å². The number of hydrogen-bond acceptors (Lipinski definition) is 5. The Hall–Kier alpha value is -2.70. The minimum absolute atomic E-state index is 0.104. The van der Waals surface area contributed by atoms with Gasteiger partial charge in [0, 0.05) is 18.9 Å². The third-order valence-corrected chi connectivity index (χ3v) is 3.25. The first-order valence-electron chi connectivity index (χ1n) is 7.43. The van der Waals surface area contributed by atoms with Crippen molar-refractivity contribution < 1.29 is 14.3 Å². The Morgan fingerprint density at radius 2 is 2.09 bits per heavy atom. The standard InChI is InChI=1S/C16H19N3O4/c1-12(20)17-8-4-10-23-16(22)7-9-19-14-6-3-2-5-13(14)15(21)11-18-19/h2-3,5-6,11H,4,7-10H2,1H3,(H,17,20). The van der Waals surface area contributed by atoms with Crippen LogP contribution in [0.5, 0.6) is 0 Å². The van der Waals surface area contributed by atoms with Gasteiger partial charge >= 0.3 is 5.97 Å². The molecule has 1 heterocycles. The maximum Gasteiger partial charge on any atom is 0.307 e. The monoisotopic (exact) mass is 317 g/mol. The fourth-order valence-electron chi connectivity index (χ4n) is 2.13. The third kappa shape index (κ3) is 4.91. The molecule has 0 saturated heterocycles. The lowest BCUT2D eigenvalue weighted by Gasteiger charge is -2.09. The fourth-order valence-corrected chi connectivity index (χ4v) is 2.13. The van der Waals surface area contributed by atoms with Crippen LogP contribution in [0.2, 0.25) is 0 Å². The van der Waals surface area contributed by atoms with Gasteiger partial charge in [0.15, 0.2) is 0 Å². The Bertz CT molecular complexity index is 754. The molecular formula is C16H19N3O4. The molecule has 7 heteroatoms. The molecule has 7 nitrogen and oxygen atoms in total. The summed E-state index contributed by atoms with van der Waals surface area (Å²) in [5.74, 6) is -0.440. The zero-order valence-electron chi connectivity index (χ0n) is 12.9. The van der Waals surface area contributed by atoms with Crippen LogP contribution >= 0.6 is 0 Å². The van der Waals surface area contributed by atoms with Gasteiger partial charge in [0.25, 0.3) is 0 Å². The average molecular weight is 317 g/mol. The molecule has 0 bridgehead atoms. The first-order chi connectivity index (χ1) is 11.1. The highest BCUT2D eigenvalue weighted by molar-refractivity contribution is 5.78. The molecule has 1 aromatic heterocycles. The van der Waals surface area contributed by atoms with Gasteiger partial charge in [0.2, 0.25) is 11.3 Å². The maximum absolute atomic E-state index is 11.7. The lowest BCUT2D eigenvalue weighted by atomic mass is 10.2. The molecule has 23 heavy (non-hydrogen) atoms. The van der Waals surface area contributed by atoms with Crippen LogP contribution < -0.4 is 10.7 Å². The van der Waals surface area contributed by atoms with Crippen molar-refractivity contribution in [2.75, 3.05) is 13.2 Å². The molecule has 0 spiro atoms. The van der Waals surface area contributed by atoms with Crippen LogP contribution in [-0.2, 0) is 20.9 Å². The van der Waals surface area contributed by atoms with Crippen LogP contribution in [0.1, 0.15) is 19.8 Å². The molecule has 0 aliphatic heterocycles. The summed E-state index contributed by atoms with van der Waals surface area (Å²) in [7, 11) is 0. The smallest absolute Gasteiger partial charge is 0.307 e. The largest absolute Gasteiger partial charge is 0.466 e. The highest BCUT2D eigenvalue weighted by Gasteiger charge is 2.07. The molecule has 122 valence electrons. The van der Waals surface area contributed by atoms with Crippen molar-refractivity contribution in [2.45, 2.75) is 26.3 Å². The minimum atomic E-state index is -0.336. The number of amides is 1. The second-order valence-electron chi connectivity index (χ2n) is 5.06. The molecular weight excluding hydrogens is 298 g/mol. The lowest BCUT2D eigenvalue weighted by Crippen LogP contribution is -2.22. The fraction of sp³-hybridized carbons (Fsp3) is 0.375. The second kappa shape index (κ2) is 8.07. The van der Waals surface area contributed by atoms with Gasteiger partial charge in [-0.05, 0) is 18.6 Å². The molecule has 0 fully saturated rings. The van der Waals surface area contributed by atoms with Crippen molar-refractivity contribution in [1.29, 1.82) is 0 Å². The Labute approximate surface area is 133 Å². The molecule has 0 aliphatic carbocycles. The molecule has 1 amide bonds. The van der Waals surface area contributed by atoms with Gasteiger partial charge in [0.05, 0.1) is 31.3 Å². The Morgan fingerprint density at radius 1 is 1.30 bits per heavy atom. The van der Waals surface area contributed by atoms with Crippen LogP contribution in [0, 0.1) is 0 Å². The second-order valence-corrected chi connectivity index (χ2v) is 5.06. The van der Waals surface area contributed by atoms with Crippen LogP contribution in [-0.4, -0.2) is 34.8 Å². The molecule has 0 unspecified atom stereocenters. The average Bonchev–Trinajstić information content (AvgIpc) is 2.54. The van der Waals surface area contributed by atoms with Gasteiger partial charge in [-0.15, -0.1) is 0 Å². The van der Waals surface area contributed by atoms with Crippen LogP contribution in [0.4, 0.5) is 0 Å². The SMILES string of the molecule is CC(=O)NCCCOC(=O)CCn1ncc(=O)c2ccccc21. The summed E-state index contributed by atoms with van der Waals surface area (Å²) < 4.78 is 6.71. The molecule has 0 aliphatic rings. The van der Waals surface area contributed by atoms with E-state index < -0.39 is 0 Å². The van der Waals surface area contributed by atoms with E-state index in [1.807, 2.05) is 6.07 Å². The summed E-state index contributed by atoms with van der Waals surface area (Å²) in [6, 6.07) is 7.14. The summed E-state index contributed by atoms with van der Waals surface area (Å²) in [6.07, 6.45) is 1.99. The normalized spacial score (nSPS) is 10.5. The van der Waals surface area contributed by atoms with Crippen LogP contribution in [0.3, 0.4) is 0 Å². The number of hydrogen-bond donors (Lipinski definition) is 1. The summed E-state index contributed by atoms with van der Waals surface area (Å²) in [5, 5.41) is 7.26. The van der Waals surface area contributed by atoms with E-state index >= 15 is 0 Å².